The Morgan fingerprint density at radius 1 is 1.16 bits per heavy atom. The summed E-state index contributed by atoms with van der Waals surface area (Å²) >= 11 is 0. The number of esters is 1. The van der Waals surface area contributed by atoms with Crippen molar-refractivity contribution in [1.29, 1.82) is 0 Å². The van der Waals surface area contributed by atoms with E-state index in [2.05, 4.69) is 4.98 Å². The van der Waals surface area contributed by atoms with Crippen LogP contribution in [0.25, 0.3) is 6.08 Å². The van der Waals surface area contributed by atoms with Crippen molar-refractivity contribution in [3.63, 3.8) is 0 Å². The Bertz CT molecular complexity index is 1060. The fourth-order valence-corrected chi connectivity index (χ4v) is 3.21. The maximum atomic E-state index is 13.2. The topological polar surface area (TPSA) is 81.9 Å². The van der Waals surface area contributed by atoms with Gasteiger partial charge < -0.3 is 18.8 Å². The van der Waals surface area contributed by atoms with Crippen molar-refractivity contribution < 1.29 is 23.5 Å². The first-order valence-corrected chi connectivity index (χ1v) is 10.3. The van der Waals surface area contributed by atoms with Gasteiger partial charge in [-0.25, -0.2) is 4.79 Å². The van der Waals surface area contributed by atoms with Crippen molar-refractivity contribution in [1.82, 2.24) is 9.88 Å². The average molecular weight is 434 g/mol. The minimum atomic E-state index is -0.590. The van der Waals surface area contributed by atoms with Gasteiger partial charge in [0.05, 0.1) is 38.3 Å². The molecule has 0 aliphatic heterocycles. The highest BCUT2D eigenvalue weighted by molar-refractivity contribution is 5.92. The molecule has 0 fully saturated rings. The molecular weight excluding hydrogens is 408 g/mol. The number of rotatable bonds is 9. The number of benzene rings is 1. The fourth-order valence-electron chi connectivity index (χ4n) is 3.21. The summed E-state index contributed by atoms with van der Waals surface area (Å²) in [6.07, 6.45) is 6.34. The molecule has 32 heavy (non-hydrogen) atoms. The molecule has 3 rings (SSSR count). The molecule has 0 spiro atoms. The minimum absolute atomic E-state index is 0.0778. The smallest absolute Gasteiger partial charge is 0.374 e. The number of nitrogens with zero attached hydrogens (tertiary/aromatic N) is 2. The zero-order valence-electron chi connectivity index (χ0n) is 18.4. The maximum Gasteiger partial charge on any atom is 0.374 e. The Morgan fingerprint density at radius 2 is 1.94 bits per heavy atom. The molecule has 3 aromatic rings. The van der Waals surface area contributed by atoms with Gasteiger partial charge in [0.2, 0.25) is 11.7 Å². The molecular formula is C25H26N2O5. The normalized spacial score (nSPS) is 11.8. The monoisotopic (exact) mass is 434 g/mol. The number of carbonyl (C=O) groups excluding carboxylic acids is 2. The van der Waals surface area contributed by atoms with E-state index in [-0.39, 0.29) is 24.3 Å². The molecule has 1 unspecified atom stereocenters. The van der Waals surface area contributed by atoms with Gasteiger partial charge in [0.1, 0.15) is 5.75 Å². The second-order valence-electron chi connectivity index (χ2n) is 7.00. The molecule has 1 atom stereocenters. The molecule has 0 aliphatic carbocycles. The van der Waals surface area contributed by atoms with E-state index in [4.69, 9.17) is 13.9 Å². The maximum absolute atomic E-state index is 13.2. The standard InChI is InChI=1S/C25H26N2O5/c1-4-31-21-11-8-19(9-12-21)10-13-23(28)27(18(2)22-7-5-6-15-26-22)17-20-14-16-32-24(20)25(29)30-3/h5-16,18H,4,17H2,1-3H3/b13-10-. The van der Waals surface area contributed by atoms with Crippen molar-refractivity contribution in [2.75, 3.05) is 13.7 Å². The van der Waals surface area contributed by atoms with Gasteiger partial charge >= 0.3 is 5.97 Å². The Labute approximate surface area is 187 Å². The van der Waals surface area contributed by atoms with Gasteiger partial charge in [-0.05, 0) is 55.8 Å². The molecule has 7 nitrogen and oxygen atoms in total. The van der Waals surface area contributed by atoms with Crippen LogP contribution in [-0.4, -0.2) is 35.5 Å². The third kappa shape index (κ3) is 5.63. The van der Waals surface area contributed by atoms with Crippen LogP contribution in [0.3, 0.4) is 0 Å². The molecule has 166 valence electrons. The molecule has 0 bridgehead atoms. The summed E-state index contributed by atoms with van der Waals surface area (Å²) in [4.78, 5) is 31.2. The summed E-state index contributed by atoms with van der Waals surface area (Å²) in [6, 6.07) is 14.3. The predicted molar refractivity (Wildman–Crippen MR) is 120 cm³/mol. The first-order chi connectivity index (χ1) is 15.5. The van der Waals surface area contributed by atoms with Gasteiger partial charge in [-0.3, -0.25) is 9.78 Å². The summed E-state index contributed by atoms with van der Waals surface area (Å²) in [6.45, 7) is 4.57. The zero-order valence-corrected chi connectivity index (χ0v) is 18.4. The first-order valence-electron chi connectivity index (χ1n) is 10.3. The second kappa shape index (κ2) is 10.9. The summed E-state index contributed by atoms with van der Waals surface area (Å²) in [5.74, 6) is 0.0348. The summed E-state index contributed by atoms with van der Waals surface area (Å²) < 4.78 is 15.5. The lowest BCUT2D eigenvalue weighted by Crippen LogP contribution is -2.32. The molecule has 0 saturated carbocycles. The number of hydrogen-bond donors (Lipinski definition) is 0. The Kier molecular flexibility index (Phi) is 7.80. The van der Waals surface area contributed by atoms with Crippen molar-refractivity contribution >= 4 is 18.0 Å². The lowest BCUT2D eigenvalue weighted by Gasteiger charge is -2.28. The number of furan rings is 1. The van der Waals surface area contributed by atoms with Crippen LogP contribution in [0.2, 0.25) is 0 Å². The summed E-state index contributed by atoms with van der Waals surface area (Å²) in [5, 5.41) is 0. The zero-order chi connectivity index (χ0) is 22.9. The molecule has 2 heterocycles. The number of ether oxygens (including phenoxy) is 2. The van der Waals surface area contributed by atoms with Gasteiger partial charge in [-0.1, -0.05) is 18.2 Å². The highest BCUT2D eigenvalue weighted by Gasteiger charge is 2.25. The first kappa shape index (κ1) is 22.8. The van der Waals surface area contributed by atoms with E-state index < -0.39 is 5.97 Å². The van der Waals surface area contributed by atoms with Crippen LogP contribution in [0.15, 0.2) is 71.5 Å². The van der Waals surface area contributed by atoms with Crippen LogP contribution in [0.4, 0.5) is 0 Å². The lowest BCUT2D eigenvalue weighted by molar-refractivity contribution is -0.128. The highest BCUT2D eigenvalue weighted by Crippen LogP contribution is 2.24. The third-order valence-electron chi connectivity index (χ3n) is 4.93. The van der Waals surface area contributed by atoms with E-state index in [1.54, 1.807) is 23.2 Å². The molecule has 7 heteroatoms. The average Bonchev–Trinajstić information content (AvgIpc) is 3.30. The van der Waals surface area contributed by atoms with Crippen molar-refractivity contribution in [3.05, 3.63) is 89.6 Å². The number of carbonyl (C=O) groups is 2. The number of amides is 1. The molecule has 1 amide bonds. The van der Waals surface area contributed by atoms with Crippen LogP contribution in [0, 0.1) is 0 Å². The van der Waals surface area contributed by atoms with Gasteiger partial charge in [-0.2, -0.15) is 0 Å². The molecule has 0 radical (unpaired) electrons. The summed E-state index contributed by atoms with van der Waals surface area (Å²) in [5.41, 5.74) is 2.16. The fraction of sp³-hybridized carbons (Fsp3) is 0.240. The van der Waals surface area contributed by atoms with Crippen LogP contribution in [0.5, 0.6) is 5.75 Å². The van der Waals surface area contributed by atoms with E-state index in [0.717, 1.165) is 17.0 Å². The van der Waals surface area contributed by atoms with Crippen molar-refractivity contribution in [2.24, 2.45) is 0 Å². The molecule has 1 aromatic carbocycles. The number of aromatic nitrogens is 1. The van der Waals surface area contributed by atoms with E-state index in [0.29, 0.717) is 12.2 Å². The van der Waals surface area contributed by atoms with Gasteiger partial charge in [-0.15, -0.1) is 0 Å². The molecule has 0 saturated heterocycles. The van der Waals surface area contributed by atoms with Crippen LogP contribution in [-0.2, 0) is 16.1 Å². The molecule has 0 aliphatic rings. The van der Waals surface area contributed by atoms with Crippen LogP contribution < -0.4 is 4.74 Å². The number of hydrogen-bond acceptors (Lipinski definition) is 6. The Morgan fingerprint density at radius 3 is 2.59 bits per heavy atom. The van der Waals surface area contributed by atoms with E-state index in [1.807, 2.05) is 56.3 Å². The van der Waals surface area contributed by atoms with E-state index in [9.17, 15) is 9.59 Å². The second-order valence-corrected chi connectivity index (χ2v) is 7.00. The van der Waals surface area contributed by atoms with Gasteiger partial charge in [0, 0.05) is 17.8 Å². The predicted octanol–water partition coefficient (Wildman–Crippen LogP) is 4.66. The van der Waals surface area contributed by atoms with E-state index in [1.165, 1.54) is 19.4 Å². The largest absolute Gasteiger partial charge is 0.494 e. The summed E-state index contributed by atoms with van der Waals surface area (Å²) in [7, 11) is 1.29. The van der Waals surface area contributed by atoms with Gasteiger partial charge in [0.15, 0.2) is 0 Å². The van der Waals surface area contributed by atoms with Crippen molar-refractivity contribution in [2.45, 2.75) is 26.4 Å². The Balaban J connectivity index is 1.85. The van der Waals surface area contributed by atoms with Crippen molar-refractivity contribution in [3.8, 4) is 5.75 Å². The lowest BCUT2D eigenvalue weighted by atomic mass is 10.1. The van der Waals surface area contributed by atoms with Crippen LogP contribution >= 0.6 is 0 Å². The van der Waals surface area contributed by atoms with Gasteiger partial charge in [0.25, 0.3) is 0 Å². The van der Waals surface area contributed by atoms with E-state index >= 15 is 0 Å². The highest BCUT2D eigenvalue weighted by atomic mass is 16.5. The quantitative estimate of drug-likeness (QED) is 0.360. The molecule has 2 aromatic heterocycles. The SMILES string of the molecule is CCOc1ccc(/C=C\C(=O)N(Cc2ccoc2C(=O)OC)C(C)c2ccccn2)cc1. The Hall–Kier alpha value is -3.87. The number of pyridine rings is 1. The van der Waals surface area contributed by atoms with Crippen LogP contribution in [0.1, 0.15) is 47.3 Å². The number of methoxy groups -OCH3 is 1. The molecule has 0 N–H and O–H groups in total. The minimum Gasteiger partial charge on any atom is -0.494 e. The third-order valence-corrected chi connectivity index (χ3v) is 4.93.